The molecule has 1 rings (SSSR count). The minimum atomic E-state index is -0.689. The summed E-state index contributed by atoms with van der Waals surface area (Å²) in [6.07, 6.45) is 1.17. The monoisotopic (exact) mass is 184 g/mol. The number of ketones is 1. The van der Waals surface area contributed by atoms with Gasteiger partial charge in [-0.1, -0.05) is 0 Å². The number of nitrogens with two attached hydrogens (primary N) is 1. The molecule has 0 aromatic rings. The molecule has 1 fully saturated rings. The van der Waals surface area contributed by atoms with E-state index >= 15 is 0 Å². The van der Waals surface area contributed by atoms with Gasteiger partial charge in [-0.15, -0.1) is 0 Å². The van der Waals surface area contributed by atoms with Crippen LogP contribution in [0.3, 0.4) is 0 Å². The Morgan fingerprint density at radius 1 is 1.23 bits per heavy atom. The molecule has 0 aliphatic carbocycles. The zero-order valence-corrected chi connectivity index (χ0v) is 8.17. The molecular formula is C9H16N2O2. The number of Topliss-reactive ketones (excluding diaryl/α,β-unsaturated/α-hetero) is 1. The maximum Gasteiger partial charge on any atom is 0.219 e. The maximum absolute atomic E-state index is 11.2. The van der Waals surface area contributed by atoms with Crippen molar-refractivity contribution in [2.45, 2.75) is 32.2 Å². The van der Waals surface area contributed by atoms with E-state index in [1.54, 1.807) is 4.90 Å². The number of piperidine rings is 1. The van der Waals surface area contributed by atoms with Gasteiger partial charge in [0.15, 0.2) is 0 Å². The molecular weight excluding hydrogens is 168 g/mol. The number of likely N-dealkylation sites (tertiary alicyclic amines) is 1. The fourth-order valence-electron chi connectivity index (χ4n) is 1.57. The normalized spacial score (nSPS) is 21.3. The number of carbonyl (C=O) groups is 2. The molecule has 1 saturated heterocycles. The molecule has 1 aliphatic rings. The van der Waals surface area contributed by atoms with Crippen LogP contribution in [-0.4, -0.2) is 35.2 Å². The molecule has 0 spiro atoms. The number of hydrogen-bond donors (Lipinski definition) is 1. The summed E-state index contributed by atoms with van der Waals surface area (Å²) in [5, 5.41) is 0. The first-order valence-corrected chi connectivity index (χ1v) is 4.51. The third-order valence-electron chi connectivity index (χ3n) is 2.80. The van der Waals surface area contributed by atoms with E-state index in [4.69, 9.17) is 5.73 Å². The van der Waals surface area contributed by atoms with E-state index in [2.05, 4.69) is 0 Å². The third kappa shape index (κ3) is 2.06. The van der Waals surface area contributed by atoms with Crippen molar-refractivity contribution in [3.63, 3.8) is 0 Å². The second kappa shape index (κ2) is 3.46. The average molecular weight is 184 g/mol. The van der Waals surface area contributed by atoms with Crippen molar-refractivity contribution in [1.29, 1.82) is 0 Å². The molecule has 13 heavy (non-hydrogen) atoms. The lowest BCUT2D eigenvalue weighted by Crippen LogP contribution is -2.55. The highest BCUT2D eigenvalue weighted by molar-refractivity contribution is 5.86. The van der Waals surface area contributed by atoms with E-state index < -0.39 is 5.54 Å². The lowest BCUT2D eigenvalue weighted by molar-refractivity contribution is -0.133. The van der Waals surface area contributed by atoms with Crippen LogP contribution in [0.5, 0.6) is 0 Å². The van der Waals surface area contributed by atoms with Crippen LogP contribution < -0.4 is 5.73 Å². The number of carbonyl (C=O) groups excluding carboxylic acids is 2. The van der Waals surface area contributed by atoms with Crippen LogP contribution in [0.2, 0.25) is 0 Å². The van der Waals surface area contributed by atoms with Crippen LogP contribution in [0.15, 0.2) is 0 Å². The smallest absolute Gasteiger partial charge is 0.219 e. The lowest BCUT2D eigenvalue weighted by atomic mass is 9.85. The maximum atomic E-state index is 11.2. The summed E-state index contributed by atoms with van der Waals surface area (Å²) in [5.41, 5.74) is 5.19. The molecule has 74 valence electrons. The molecule has 1 heterocycles. The van der Waals surface area contributed by atoms with Gasteiger partial charge in [0.25, 0.3) is 0 Å². The van der Waals surface area contributed by atoms with Gasteiger partial charge < -0.3 is 10.6 Å². The molecule has 4 nitrogen and oxygen atoms in total. The Bertz CT molecular complexity index is 230. The average Bonchev–Trinajstić information content (AvgIpc) is 2.04. The van der Waals surface area contributed by atoms with Gasteiger partial charge in [0.1, 0.15) is 5.78 Å². The number of nitrogens with zero attached hydrogens (tertiary/aromatic N) is 1. The second-order valence-corrected chi connectivity index (χ2v) is 3.72. The van der Waals surface area contributed by atoms with Gasteiger partial charge in [0.05, 0.1) is 5.54 Å². The van der Waals surface area contributed by atoms with Crippen molar-refractivity contribution in [2.75, 3.05) is 13.1 Å². The Labute approximate surface area is 78.1 Å². The zero-order valence-electron chi connectivity index (χ0n) is 8.17. The highest BCUT2D eigenvalue weighted by atomic mass is 16.2. The Hall–Kier alpha value is -0.900. The van der Waals surface area contributed by atoms with Crippen molar-refractivity contribution < 1.29 is 9.59 Å². The quantitative estimate of drug-likeness (QED) is 0.619. The summed E-state index contributed by atoms with van der Waals surface area (Å²) in [6, 6.07) is 0. The highest BCUT2D eigenvalue weighted by Crippen LogP contribution is 2.20. The molecule has 4 heteroatoms. The Balaban J connectivity index is 2.56. The van der Waals surface area contributed by atoms with Gasteiger partial charge in [-0.05, 0) is 19.8 Å². The fraction of sp³-hybridized carbons (Fsp3) is 0.778. The number of rotatable bonds is 1. The molecule has 0 aromatic carbocycles. The van der Waals surface area contributed by atoms with Gasteiger partial charge >= 0.3 is 0 Å². The zero-order chi connectivity index (χ0) is 10.1. The summed E-state index contributed by atoms with van der Waals surface area (Å²) < 4.78 is 0. The summed E-state index contributed by atoms with van der Waals surface area (Å²) in [6.45, 7) is 4.26. The molecule has 0 aromatic heterocycles. The van der Waals surface area contributed by atoms with E-state index in [0.717, 1.165) is 0 Å². The van der Waals surface area contributed by atoms with Gasteiger partial charge in [0.2, 0.25) is 5.91 Å². The van der Waals surface area contributed by atoms with Crippen LogP contribution in [0.1, 0.15) is 26.7 Å². The van der Waals surface area contributed by atoms with Crippen LogP contribution in [0.4, 0.5) is 0 Å². The lowest BCUT2D eigenvalue weighted by Gasteiger charge is -2.37. The van der Waals surface area contributed by atoms with Crippen LogP contribution in [0.25, 0.3) is 0 Å². The summed E-state index contributed by atoms with van der Waals surface area (Å²) in [5.74, 6) is 0.0845. The second-order valence-electron chi connectivity index (χ2n) is 3.72. The standard InChI is InChI=1S/C9H16N2O2/c1-7(12)9(10)3-5-11(6-4-9)8(2)13/h3-6,10H2,1-2H3. The van der Waals surface area contributed by atoms with Gasteiger partial charge in [-0.2, -0.15) is 0 Å². The molecule has 0 atom stereocenters. The Morgan fingerprint density at radius 2 is 1.69 bits per heavy atom. The largest absolute Gasteiger partial charge is 0.343 e. The predicted molar refractivity (Wildman–Crippen MR) is 49.1 cm³/mol. The summed E-state index contributed by atoms with van der Waals surface area (Å²) in [4.78, 5) is 23.9. The minimum Gasteiger partial charge on any atom is -0.343 e. The first-order valence-electron chi connectivity index (χ1n) is 4.51. The molecule has 2 N–H and O–H groups in total. The van der Waals surface area contributed by atoms with E-state index in [0.29, 0.717) is 25.9 Å². The minimum absolute atomic E-state index is 0.0238. The Morgan fingerprint density at radius 3 is 2.00 bits per heavy atom. The van der Waals surface area contributed by atoms with E-state index in [1.165, 1.54) is 13.8 Å². The van der Waals surface area contributed by atoms with Gasteiger partial charge in [-0.3, -0.25) is 9.59 Å². The van der Waals surface area contributed by atoms with E-state index in [-0.39, 0.29) is 11.7 Å². The van der Waals surface area contributed by atoms with Crippen LogP contribution >= 0.6 is 0 Å². The SMILES string of the molecule is CC(=O)N1CCC(N)(C(C)=O)CC1. The highest BCUT2D eigenvalue weighted by Gasteiger charge is 2.35. The molecule has 0 radical (unpaired) electrons. The number of hydrogen-bond acceptors (Lipinski definition) is 3. The predicted octanol–water partition coefficient (Wildman–Crippen LogP) is -0.0848. The molecule has 0 saturated carbocycles. The summed E-state index contributed by atoms with van der Waals surface area (Å²) >= 11 is 0. The van der Waals surface area contributed by atoms with Crippen molar-refractivity contribution in [3.05, 3.63) is 0 Å². The van der Waals surface area contributed by atoms with Crippen molar-refractivity contribution in [3.8, 4) is 0 Å². The fourth-order valence-corrected chi connectivity index (χ4v) is 1.57. The molecule has 1 amide bonds. The molecule has 0 unspecified atom stereocenters. The Kier molecular flexibility index (Phi) is 2.71. The van der Waals surface area contributed by atoms with Gasteiger partial charge in [-0.25, -0.2) is 0 Å². The number of amides is 1. The van der Waals surface area contributed by atoms with Crippen molar-refractivity contribution in [2.24, 2.45) is 5.73 Å². The molecule has 0 bridgehead atoms. The van der Waals surface area contributed by atoms with Crippen LogP contribution in [0, 0.1) is 0 Å². The first kappa shape index (κ1) is 10.2. The van der Waals surface area contributed by atoms with Gasteiger partial charge in [0, 0.05) is 20.0 Å². The molecule has 1 aliphatic heterocycles. The van der Waals surface area contributed by atoms with Crippen molar-refractivity contribution in [1.82, 2.24) is 4.90 Å². The third-order valence-corrected chi connectivity index (χ3v) is 2.80. The van der Waals surface area contributed by atoms with E-state index in [1.807, 2.05) is 0 Å². The first-order chi connectivity index (χ1) is 5.96. The van der Waals surface area contributed by atoms with E-state index in [9.17, 15) is 9.59 Å². The topological polar surface area (TPSA) is 63.4 Å². The summed E-state index contributed by atoms with van der Waals surface area (Å²) in [7, 11) is 0. The van der Waals surface area contributed by atoms with Crippen LogP contribution in [-0.2, 0) is 9.59 Å². The van der Waals surface area contributed by atoms with Crippen molar-refractivity contribution >= 4 is 11.7 Å².